The zero-order valence-corrected chi connectivity index (χ0v) is 7.93. The monoisotopic (exact) mass is 191 g/mol. The summed E-state index contributed by atoms with van der Waals surface area (Å²) in [5, 5.41) is 18.3. The van der Waals surface area contributed by atoms with Crippen LogP contribution in [0.1, 0.15) is 20.3 Å². The lowest BCUT2D eigenvalue weighted by Gasteiger charge is -2.16. The predicted octanol–water partition coefficient (Wildman–Crippen LogP) is -0.134. The Labute approximate surface area is 77.6 Å². The van der Waals surface area contributed by atoms with Crippen LogP contribution in [0.15, 0.2) is 0 Å². The van der Waals surface area contributed by atoms with Crippen molar-refractivity contribution >= 4 is 0 Å². The molecule has 1 rings (SSSR count). The van der Waals surface area contributed by atoms with Crippen LogP contribution in [-0.4, -0.2) is 41.5 Å². The molecule has 0 aromatic rings. The van der Waals surface area contributed by atoms with Crippen molar-refractivity contribution in [2.75, 3.05) is 6.61 Å². The lowest BCUT2D eigenvalue weighted by atomic mass is 10.1. The summed E-state index contributed by atoms with van der Waals surface area (Å²) in [4.78, 5) is 0. The van der Waals surface area contributed by atoms with Gasteiger partial charge in [-0.1, -0.05) is 6.92 Å². The van der Waals surface area contributed by atoms with Crippen molar-refractivity contribution in [3.8, 4) is 0 Å². The molecule has 1 fully saturated rings. The highest BCUT2D eigenvalue weighted by molar-refractivity contribution is 4.87. The minimum Gasteiger partial charge on any atom is -0.386 e. The van der Waals surface area contributed by atoms with Crippen molar-refractivity contribution < 1.29 is 19.8 Å². The molecule has 4 atom stereocenters. The first-order valence-electron chi connectivity index (χ1n) is 4.55. The van der Waals surface area contributed by atoms with Gasteiger partial charge in [-0.15, -0.1) is 0 Å². The molecule has 0 saturated carbocycles. The molecular weight excluding hydrogens is 174 g/mol. The fraction of sp³-hybridized carbons (Fsp3) is 1.00. The number of nitrogens with one attached hydrogen (secondary N) is 1. The molecule has 0 aliphatic carbocycles. The summed E-state index contributed by atoms with van der Waals surface area (Å²) in [6, 6.07) is -0.471. The summed E-state index contributed by atoms with van der Waals surface area (Å²) in [6.45, 7) is 4.30. The maximum absolute atomic E-state index is 9.57. The Morgan fingerprint density at radius 2 is 2.23 bits per heavy atom. The lowest BCUT2D eigenvalue weighted by Crippen LogP contribution is -2.42. The zero-order valence-electron chi connectivity index (χ0n) is 7.93. The van der Waals surface area contributed by atoms with Crippen molar-refractivity contribution in [2.45, 2.75) is 44.8 Å². The maximum Gasteiger partial charge on any atom is 0.185 e. The Hall–Kier alpha value is -0.200. The Balaban J connectivity index is 2.41. The second-order valence-corrected chi connectivity index (χ2v) is 3.23. The standard InChI is InChI=1S/C8H17NO4/c1-3-4-12-8-7(10)6(9-11)5(2)13-8/h5-11H,3-4H2,1-2H3/t5-,6?,7?,8?/m0/s1. The number of rotatable bonds is 4. The molecule has 0 amide bonds. The fourth-order valence-corrected chi connectivity index (χ4v) is 1.38. The van der Waals surface area contributed by atoms with Crippen LogP contribution < -0.4 is 5.48 Å². The van der Waals surface area contributed by atoms with E-state index in [-0.39, 0.29) is 6.10 Å². The summed E-state index contributed by atoms with van der Waals surface area (Å²) >= 11 is 0. The highest BCUT2D eigenvalue weighted by Crippen LogP contribution is 2.21. The Morgan fingerprint density at radius 1 is 1.54 bits per heavy atom. The van der Waals surface area contributed by atoms with Gasteiger partial charge in [0.25, 0.3) is 0 Å². The SMILES string of the molecule is CCCOC1O[C@@H](C)C(NO)C1O. The summed E-state index contributed by atoms with van der Waals surface area (Å²) < 4.78 is 10.5. The smallest absolute Gasteiger partial charge is 0.185 e. The quantitative estimate of drug-likeness (QED) is 0.540. The molecule has 0 radical (unpaired) electrons. The van der Waals surface area contributed by atoms with Crippen LogP contribution in [0.2, 0.25) is 0 Å². The zero-order chi connectivity index (χ0) is 9.84. The van der Waals surface area contributed by atoms with Gasteiger partial charge in [0.2, 0.25) is 0 Å². The number of hydrogen-bond acceptors (Lipinski definition) is 5. The highest BCUT2D eigenvalue weighted by Gasteiger charge is 2.41. The second-order valence-electron chi connectivity index (χ2n) is 3.23. The van der Waals surface area contributed by atoms with Gasteiger partial charge < -0.3 is 19.8 Å². The molecule has 1 saturated heterocycles. The van der Waals surface area contributed by atoms with Gasteiger partial charge >= 0.3 is 0 Å². The molecule has 1 aliphatic heterocycles. The lowest BCUT2D eigenvalue weighted by molar-refractivity contribution is -0.162. The summed E-state index contributed by atoms with van der Waals surface area (Å²) in [5.74, 6) is 0. The summed E-state index contributed by atoms with van der Waals surface area (Å²) in [6.07, 6.45) is -0.814. The Morgan fingerprint density at radius 3 is 2.69 bits per heavy atom. The van der Waals surface area contributed by atoms with Crippen LogP contribution in [0.25, 0.3) is 0 Å². The van der Waals surface area contributed by atoms with E-state index in [1.54, 1.807) is 6.92 Å². The van der Waals surface area contributed by atoms with Crippen molar-refractivity contribution in [3.05, 3.63) is 0 Å². The second kappa shape index (κ2) is 4.88. The first-order valence-corrected chi connectivity index (χ1v) is 4.55. The van der Waals surface area contributed by atoms with Crippen LogP contribution in [0, 0.1) is 0 Å². The van der Waals surface area contributed by atoms with Gasteiger partial charge in [-0.25, -0.2) is 0 Å². The largest absolute Gasteiger partial charge is 0.386 e. The average Bonchev–Trinajstić information content (AvgIpc) is 2.38. The minimum absolute atomic E-state index is 0.248. The van der Waals surface area contributed by atoms with E-state index >= 15 is 0 Å². The third-order valence-electron chi connectivity index (χ3n) is 2.14. The highest BCUT2D eigenvalue weighted by atomic mass is 16.7. The van der Waals surface area contributed by atoms with E-state index in [2.05, 4.69) is 0 Å². The molecule has 3 N–H and O–H groups in total. The predicted molar refractivity (Wildman–Crippen MR) is 45.3 cm³/mol. The molecule has 1 aliphatic rings. The van der Waals surface area contributed by atoms with Crippen molar-refractivity contribution in [1.29, 1.82) is 0 Å². The van der Waals surface area contributed by atoms with Crippen LogP contribution >= 0.6 is 0 Å². The van der Waals surface area contributed by atoms with E-state index in [1.807, 2.05) is 12.4 Å². The Bertz CT molecular complexity index is 155. The van der Waals surface area contributed by atoms with E-state index in [0.29, 0.717) is 6.61 Å². The molecule has 78 valence electrons. The van der Waals surface area contributed by atoms with Gasteiger partial charge in [0.1, 0.15) is 6.10 Å². The van der Waals surface area contributed by atoms with E-state index < -0.39 is 18.4 Å². The summed E-state index contributed by atoms with van der Waals surface area (Å²) in [7, 11) is 0. The molecule has 13 heavy (non-hydrogen) atoms. The molecule has 5 nitrogen and oxygen atoms in total. The van der Waals surface area contributed by atoms with E-state index in [4.69, 9.17) is 14.7 Å². The van der Waals surface area contributed by atoms with Gasteiger partial charge in [-0.2, -0.15) is 5.48 Å². The number of hydroxylamine groups is 1. The molecule has 1 heterocycles. The Kier molecular flexibility index (Phi) is 4.08. The average molecular weight is 191 g/mol. The van der Waals surface area contributed by atoms with Crippen LogP contribution in [0.3, 0.4) is 0 Å². The van der Waals surface area contributed by atoms with Crippen LogP contribution in [0.4, 0.5) is 0 Å². The number of ether oxygens (including phenoxy) is 2. The minimum atomic E-state index is -0.813. The summed E-state index contributed by atoms with van der Waals surface area (Å²) in [5.41, 5.74) is 2.01. The molecule has 5 heteroatoms. The molecule has 0 aromatic carbocycles. The van der Waals surface area contributed by atoms with Gasteiger partial charge in [-0.3, -0.25) is 0 Å². The van der Waals surface area contributed by atoms with E-state index in [9.17, 15) is 5.11 Å². The normalized spacial score (nSPS) is 39.7. The third-order valence-corrected chi connectivity index (χ3v) is 2.14. The van der Waals surface area contributed by atoms with Crippen molar-refractivity contribution in [2.24, 2.45) is 0 Å². The van der Waals surface area contributed by atoms with Gasteiger partial charge in [0.15, 0.2) is 6.29 Å². The van der Waals surface area contributed by atoms with Gasteiger partial charge in [-0.05, 0) is 13.3 Å². The van der Waals surface area contributed by atoms with Crippen LogP contribution in [-0.2, 0) is 9.47 Å². The number of aliphatic hydroxyl groups excluding tert-OH is 1. The maximum atomic E-state index is 9.57. The molecule has 0 spiro atoms. The van der Waals surface area contributed by atoms with E-state index in [1.165, 1.54) is 0 Å². The van der Waals surface area contributed by atoms with Crippen molar-refractivity contribution in [1.82, 2.24) is 5.48 Å². The first-order chi connectivity index (χ1) is 6.20. The molecule has 0 aromatic heterocycles. The van der Waals surface area contributed by atoms with E-state index in [0.717, 1.165) is 6.42 Å². The molecule has 0 bridgehead atoms. The number of aliphatic hydroxyl groups is 1. The molecular formula is C8H17NO4. The first kappa shape index (κ1) is 10.9. The third kappa shape index (κ3) is 2.38. The van der Waals surface area contributed by atoms with Gasteiger partial charge in [0, 0.05) is 6.61 Å². The molecule has 3 unspecified atom stereocenters. The van der Waals surface area contributed by atoms with Crippen LogP contribution in [0.5, 0.6) is 0 Å². The fourth-order valence-electron chi connectivity index (χ4n) is 1.38. The number of hydrogen-bond donors (Lipinski definition) is 3. The topological polar surface area (TPSA) is 71.0 Å². The van der Waals surface area contributed by atoms with Gasteiger partial charge in [0.05, 0.1) is 12.1 Å². The van der Waals surface area contributed by atoms with Crippen molar-refractivity contribution in [3.63, 3.8) is 0 Å².